The maximum Gasteiger partial charge on any atom is 0.182 e. The van der Waals surface area contributed by atoms with Gasteiger partial charge >= 0.3 is 0 Å². The highest BCUT2D eigenvalue weighted by Gasteiger charge is 2.17. The van der Waals surface area contributed by atoms with Crippen molar-refractivity contribution in [2.24, 2.45) is 0 Å². The fourth-order valence-electron chi connectivity index (χ4n) is 1.50. The Balaban J connectivity index is 0.000000376. The van der Waals surface area contributed by atoms with E-state index in [2.05, 4.69) is 6.58 Å². The average Bonchev–Trinajstić information content (AvgIpc) is 2.62. The van der Waals surface area contributed by atoms with Gasteiger partial charge in [0.15, 0.2) is 11.6 Å². The van der Waals surface area contributed by atoms with E-state index >= 15 is 0 Å². The molecule has 1 aliphatic heterocycles. The number of hydrogen-bond donors (Lipinski definition) is 2. The Kier molecular flexibility index (Phi) is 12.1. The van der Waals surface area contributed by atoms with Gasteiger partial charge in [-0.25, -0.2) is 4.39 Å². The Morgan fingerprint density at radius 2 is 1.71 bits per heavy atom. The lowest BCUT2D eigenvalue weighted by molar-refractivity contribution is 0.320. The molecule has 0 amide bonds. The van der Waals surface area contributed by atoms with Gasteiger partial charge in [-0.2, -0.15) is 0 Å². The first kappa shape index (κ1) is 21.9. The molecule has 0 saturated carbocycles. The van der Waals surface area contributed by atoms with Crippen LogP contribution in [-0.2, 0) is 0 Å². The fraction of sp³-hybridized carbons (Fsp3) is 0.263. The molecule has 0 spiro atoms. The Labute approximate surface area is 147 Å². The standard InChI is InChI=1S/C8H7FO2S.C6H6O.C3H6.C2H6/c9-7-5(10)1-2-6-8(7)12-4-3-11-6;7-6-4-2-1-3-5-6;1-3-2;1-2/h1-2,10H,3-4H2;1-5,7H;3H,1H2,2H3;1-2H3. The molecule has 2 aromatic carbocycles. The van der Waals surface area contributed by atoms with Gasteiger partial charge in [0.1, 0.15) is 11.5 Å². The molecule has 1 aliphatic rings. The van der Waals surface area contributed by atoms with Gasteiger partial charge in [0.25, 0.3) is 0 Å². The molecule has 0 aromatic heterocycles. The summed E-state index contributed by atoms with van der Waals surface area (Å²) in [6, 6.07) is 11.6. The minimum atomic E-state index is -0.572. The molecule has 0 atom stereocenters. The fourth-order valence-corrected chi connectivity index (χ4v) is 2.37. The Bertz CT molecular complexity index is 589. The van der Waals surface area contributed by atoms with Crippen molar-refractivity contribution in [3.63, 3.8) is 0 Å². The van der Waals surface area contributed by atoms with Gasteiger partial charge in [0.2, 0.25) is 0 Å². The summed E-state index contributed by atoms with van der Waals surface area (Å²) in [7, 11) is 0. The molecule has 1 heterocycles. The molecule has 0 radical (unpaired) electrons. The van der Waals surface area contributed by atoms with Gasteiger partial charge in [-0.15, -0.1) is 18.3 Å². The van der Waals surface area contributed by atoms with E-state index in [4.69, 9.17) is 14.9 Å². The van der Waals surface area contributed by atoms with Crippen LogP contribution < -0.4 is 4.74 Å². The molecule has 0 fully saturated rings. The normalized spacial score (nSPS) is 10.8. The largest absolute Gasteiger partial charge is 0.508 e. The van der Waals surface area contributed by atoms with Crippen molar-refractivity contribution in [3.8, 4) is 17.2 Å². The molecule has 2 N–H and O–H groups in total. The number of phenols is 2. The van der Waals surface area contributed by atoms with Crippen molar-refractivity contribution in [1.29, 1.82) is 0 Å². The van der Waals surface area contributed by atoms with E-state index in [0.29, 0.717) is 23.0 Å². The van der Waals surface area contributed by atoms with Gasteiger partial charge in [0, 0.05) is 5.75 Å². The third-order valence-electron chi connectivity index (χ3n) is 2.38. The van der Waals surface area contributed by atoms with Crippen LogP contribution in [0.4, 0.5) is 4.39 Å². The zero-order valence-corrected chi connectivity index (χ0v) is 15.1. The van der Waals surface area contributed by atoms with Gasteiger partial charge in [-0.05, 0) is 31.2 Å². The van der Waals surface area contributed by atoms with E-state index in [-0.39, 0.29) is 5.75 Å². The Morgan fingerprint density at radius 1 is 1.12 bits per heavy atom. The zero-order valence-electron chi connectivity index (χ0n) is 14.3. The van der Waals surface area contributed by atoms with Crippen LogP contribution in [0.2, 0.25) is 0 Å². The highest BCUT2D eigenvalue weighted by Crippen LogP contribution is 2.38. The minimum absolute atomic E-state index is 0.313. The Hall–Kier alpha value is -2.14. The maximum absolute atomic E-state index is 13.1. The topological polar surface area (TPSA) is 49.7 Å². The number of aromatic hydroxyl groups is 2. The quantitative estimate of drug-likeness (QED) is 0.604. The van der Waals surface area contributed by atoms with Crippen LogP contribution in [0, 0.1) is 5.82 Å². The van der Waals surface area contributed by atoms with E-state index in [9.17, 15) is 4.39 Å². The molecule has 0 aliphatic carbocycles. The summed E-state index contributed by atoms with van der Waals surface area (Å²) in [5, 5.41) is 17.7. The van der Waals surface area contributed by atoms with Crippen LogP contribution >= 0.6 is 11.8 Å². The summed E-state index contributed by atoms with van der Waals surface area (Å²) in [5.74, 6) is 0.695. The third kappa shape index (κ3) is 7.92. The summed E-state index contributed by atoms with van der Waals surface area (Å²) in [6.07, 6.45) is 1.75. The summed E-state index contributed by atoms with van der Waals surface area (Å²) in [5.41, 5.74) is 0. The molecule has 3 nitrogen and oxygen atoms in total. The third-order valence-corrected chi connectivity index (χ3v) is 3.42. The van der Waals surface area contributed by atoms with Crippen LogP contribution in [0.3, 0.4) is 0 Å². The summed E-state index contributed by atoms with van der Waals surface area (Å²) < 4.78 is 18.3. The average molecular weight is 352 g/mol. The maximum atomic E-state index is 13.1. The lowest BCUT2D eigenvalue weighted by atomic mass is 10.3. The van der Waals surface area contributed by atoms with Crippen LogP contribution in [0.25, 0.3) is 0 Å². The van der Waals surface area contributed by atoms with E-state index in [1.165, 1.54) is 17.8 Å². The number of phenolic OH excluding ortho intramolecular Hbond substituents is 2. The number of hydrogen-bond acceptors (Lipinski definition) is 4. The van der Waals surface area contributed by atoms with Gasteiger partial charge < -0.3 is 14.9 Å². The van der Waals surface area contributed by atoms with Crippen molar-refractivity contribution >= 4 is 11.8 Å². The first-order valence-corrected chi connectivity index (χ1v) is 8.66. The monoisotopic (exact) mass is 352 g/mol. The van der Waals surface area contributed by atoms with Crippen LogP contribution in [0.1, 0.15) is 20.8 Å². The molecule has 0 bridgehead atoms. The second-order valence-corrected chi connectivity index (χ2v) is 5.27. The van der Waals surface area contributed by atoms with Gasteiger partial charge in [-0.1, -0.05) is 38.1 Å². The number of fused-ring (bicyclic) bond motifs is 1. The molecule has 2 aromatic rings. The summed E-state index contributed by atoms with van der Waals surface area (Å²) >= 11 is 1.37. The molecular weight excluding hydrogens is 327 g/mol. The molecular formula is C19H25FO3S. The van der Waals surface area contributed by atoms with E-state index in [1.807, 2.05) is 26.8 Å². The summed E-state index contributed by atoms with van der Waals surface area (Å²) in [6.45, 7) is 9.85. The zero-order chi connectivity index (χ0) is 18.4. The predicted molar refractivity (Wildman–Crippen MR) is 99.6 cm³/mol. The van der Waals surface area contributed by atoms with Gasteiger partial charge in [0.05, 0.1) is 11.5 Å². The van der Waals surface area contributed by atoms with Crippen molar-refractivity contribution in [1.82, 2.24) is 0 Å². The smallest absolute Gasteiger partial charge is 0.182 e. The molecule has 24 heavy (non-hydrogen) atoms. The first-order chi connectivity index (χ1) is 11.6. The first-order valence-electron chi connectivity index (χ1n) is 7.68. The van der Waals surface area contributed by atoms with Crippen molar-refractivity contribution in [2.75, 3.05) is 12.4 Å². The number of rotatable bonds is 0. The van der Waals surface area contributed by atoms with Crippen LogP contribution in [0.15, 0.2) is 60.0 Å². The van der Waals surface area contributed by atoms with Gasteiger partial charge in [-0.3, -0.25) is 0 Å². The van der Waals surface area contributed by atoms with Crippen molar-refractivity contribution in [3.05, 3.63) is 60.9 Å². The lowest BCUT2D eigenvalue weighted by Gasteiger charge is -2.16. The number of halogens is 1. The predicted octanol–water partition coefficient (Wildman–Crippen LogP) is 5.63. The van der Waals surface area contributed by atoms with Crippen molar-refractivity contribution in [2.45, 2.75) is 25.7 Å². The number of thioether (sulfide) groups is 1. The van der Waals surface area contributed by atoms with Crippen LogP contribution in [0.5, 0.6) is 17.2 Å². The lowest BCUT2D eigenvalue weighted by Crippen LogP contribution is -2.07. The number of benzene rings is 2. The second-order valence-electron chi connectivity index (χ2n) is 4.17. The Morgan fingerprint density at radius 3 is 2.21 bits per heavy atom. The van der Waals surface area contributed by atoms with E-state index in [0.717, 1.165) is 5.75 Å². The highest BCUT2D eigenvalue weighted by atomic mass is 32.2. The minimum Gasteiger partial charge on any atom is -0.508 e. The van der Waals surface area contributed by atoms with E-state index < -0.39 is 5.82 Å². The second kappa shape index (κ2) is 13.3. The number of ether oxygens (including phenoxy) is 1. The number of para-hydroxylation sites is 1. The van der Waals surface area contributed by atoms with Crippen molar-refractivity contribution < 1.29 is 19.3 Å². The molecule has 0 unspecified atom stereocenters. The van der Waals surface area contributed by atoms with Crippen LogP contribution in [-0.4, -0.2) is 22.6 Å². The highest BCUT2D eigenvalue weighted by molar-refractivity contribution is 7.99. The summed E-state index contributed by atoms with van der Waals surface area (Å²) in [4.78, 5) is 0.418. The molecule has 5 heteroatoms. The molecule has 3 rings (SSSR count). The molecule has 132 valence electrons. The SMILES string of the molecule is C=CC.CC.Oc1ccc2c(c1F)SCCO2.Oc1ccccc1. The number of allylic oxidation sites excluding steroid dienone is 1. The molecule has 0 saturated heterocycles. The van der Waals surface area contributed by atoms with E-state index in [1.54, 1.807) is 36.4 Å².